The van der Waals surface area contributed by atoms with Gasteiger partial charge in [-0.15, -0.1) is 0 Å². The van der Waals surface area contributed by atoms with Gasteiger partial charge in [0.25, 0.3) is 0 Å². The van der Waals surface area contributed by atoms with E-state index in [0.717, 1.165) is 25.7 Å². The van der Waals surface area contributed by atoms with E-state index in [4.69, 9.17) is 0 Å². The van der Waals surface area contributed by atoms with Crippen molar-refractivity contribution in [1.29, 1.82) is 0 Å². The van der Waals surface area contributed by atoms with Crippen molar-refractivity contribution in [2.24, 2.45) is 5.92 Å². The lowest BCUT2D eigenvalue weighted by atomic mass is 9.90. The number of carbonyl (C=O) groups is 3. The number of fused-ring (bicyclic) bond motifs is 1. The lowest BCUT2D eigenvalue weighted by molar-refractivity contribution is -0.307. The maximum atomic E-state index is 12.3. The van der Waals surface area contributed by atoms with Gasteiger partial charge in [0.1, 0.15) is 5.92 Å². The Balaban J connectivity index is 2.29. The van der Waals surface area contributed by atoms with Crippen LogP contribution < -0.4 is 10.0 Å². The highest BCUT2D eigenvalue weighted by atomic mass is 16.4. The van der Waals surface area contributed by atoms with Crippen molar-refractivity contribution in [2.75, 3.05) is 11.4 Å². The van der Waals surface area contributed by atoms with E-state index >= 15 is 0 Å². The Morgan fingerprint density at radius 2 is 1.90 bits per heavy atom. The number of hydrogen-bond donors (Lipinski definition) is 0. The summed E-state index contributed by atoms with van der Waals surface area (Å²) in [5.74, 6) is -4.71. The van der Waals surface area contributed by atoms with Gasteiger partial charge < -0.3 is 14.8 Å². The summed E-state index contributed by atoms with van der Waals surface area (Å²) in [5, 5.41) is 11.1. The number of amides is 1. The summed E-state index contributed by atoms with van der Waals surface area (Å²) in [7, 11) is 0. The second-order valence-electron chi connectivity index (χ2n) is 5.18. The monoisotopic (exact) mass is 288 g/mol. The molecule has 1 amide bonds. The van der Waals surface area contributed by atoms with Gasteiger partial charge in [-0.25, -0.2) is 0 Å². The normalized spacial score (nSPS) is 17.8. The molecule has 0 unspecified atom stereocenters. The van der Waals surface area contributed by atoms with Gasteiger partial charge >= 0.3 is 0 Å². The molecule has 1 aliphatic rings. The number of rotatable bonds is 6. The number of carbonyl (C=O) groups excluding carboxylic acids is 3. The number of aliphatic carboxylic acids is 1. The summed E-state index contributed by atoms with van der Waals surface area (Å²) in [6.07, 6.45) is 3.88. The van der Waals surface area contributed by atoms with Gasteiger partial charge in [0.15, 0.2) is 5.78 Å². The molecule has 1 aromatic rings. The molecule has 1 aromatic carbocycles. The van der Waals surface area contributed by atoms with Crippen molar-refractivity contribution in [2.45, 2.75) is 32.6 Å². The Bertz CT molecular complexity index is 567. The smallest absolute Gasteiger partial charge is 0.243 e. The molecule has 1 atom stereocenters. The fraction of sp³-hybridized carbons (Fsp3) is 0.438. The third-order valence-electron chi connectivity index (χ3n) is 3.71. The first-order valence-electron chi connectivity index (χ1n) is 7.23. The summed E-state index contributed by atoms with van der Waals surface area (Å²) in [6.45, 7) is 2.51. The quantitative estimate of drug-likeness (QED) is 0.581. The second-order valence-corrected chi connectivity index (χ2v) is 5.18. The molecule has 0 spiro atoms. The summed E-state index contributed by atoms with van der Waals surface area (Å²) in [5.41, 5.74) is 0.781. The first kappa shape index (κ1) is 15.2. The molecule has 0 saturated carbocycles. The van der Waals surface area contributed by atoms with Crippen LogP contribution in [0, 0.1) is 5.92 Å². The molecule has 21 heavy (non-hydrogen) atoms. The molecule has 1 aliphatic heterocycles. The molecule has 0 bridgehead atoms. The largest absolute Gasteiger partial charge is 0.549 e. The highest BCUT2D eigenvalue weighted by Crippen LogP contribution is 2.30. The van der Waals surface area contributed by atoms with E-state index in [-0.39, 0.29) is 5.56 Å². The number of carboxylic acids is 1. The van der Waals surface area contributed by atoms with Crippen LogP contribution in [0.15, 0.2) is 24.3 Å². The molecule has 112 valence electrons. The number of nitrogens with zero attached hydrogens (tertiary/aromatic N) is 1. The van der Waals surface area contributed by atoms with Crippen LogP contribution in [0.5, 0.6) is 0 Å². The minimum Gasteiger partial charge on any atom is -0.549 e. The van der Waals surface area contributed by atoms with E-state index in [9.17, 15) is 19.5 Å². The average molecular weight is 288 g/mol. The minimum atomic E-state index is -1.72. The zero-order valence-electron chi connectivity index (χ0n) is 12.0. The minimum absolute atomic E-state index is 0.279. The zero-order valence-corrected chi connectivity index (χ0v) is 12.0. The van der Waals surface area contributed by atoms with Gasteiger partial charge in [-0.2, -0.15) is 0 Å². The lowest BCUT2D eigenvalue weighted by Gasteiger charge is -2.33. The average Bonchev–Trinajstić information content (AvgIpc) is 2.46. The predicted octanol–water partition coefficient (Wildman–Crippen LogP) is 1.16. The molecule has 0 N–H and O–H groups in total. The third-order valence-corrected chi connectivity index (χ3v) is 3.71. The topological polar surface area (TPSA) is 77.5 Å². The number of unbranched alkanes of at least 4 members (excludes halogenated alkanes) is 3. The maximum absolute atomic E-state index is 12.3. The van der Waals surface area contributed by atoms with Crippen LogP contribution in [0.2, 0.25) is 0 Å². The number of carboxylic acid groups (broad SMARTS) is 1. The molecule has 2 rings (SSSR count). The van der Waals surface area contributed by atoms with Gasteiger partial charge in [0.05, 0.1) is 11.7 Å². The Morgan fingerprint density at radius 3 is 2.57 bits per heavy atom. The Kier molecular flexibility index (Phi) is 4.73. The zero-order chi connectivity index (χ0) is 15.4. The molecular weight excluding hydrogens is 270 g/mol. The van der Waals surface area contributed by atoms with Crippen molar-refractivity contribution < 1.29 is 19.5 Å². The van der Waals surface area contributed by atoms with Crippen LogP contribution in [0.3, 0.4) is 0 Å². The SMILES string of the molecule is CCCCCCN1C(=O)[C@H](C(=O)[O-])C(=O)c2ccccc21. The molecule has 0 aliphatic carbocycles. The van der Waals surface area contributed by atoms with Crippen LogP contribution in [-0.4, -0.2) is 24.2 Å². The number of Topliss-reactive ketones (excluding diaryl/α,β-unsaturated/α-hetero) is 1. The van der Waals surface area contributed by atoms with Gasteiger partial charge in [-0.05, 0) is 18.6 Å². The molecule has 1 heterocycles. The highest BCUT2D eigenvalue weighted by Gasteiger charge is 2.39. The highest BCUT2D eigenvalue weighted by molar-refractivity contribution is 6.29. The number of hydrogen-bond acceptors (Lipinski definition) is 4. The van der Waals surface area contributed by atoms with Gasteiger partial charge in [0.2, 0.25) is 5.91 Å². The van der Waals surface area contributed by atoms with Crippen molar-refractivity contribution in [1.82, 2.24) is 0 Å². The maximum Gasteiger partial charge on any atom is 0.243 e. The van der Waals surface area contributed by atoms with E-state index in [2.05, 4.69) is 6.92 Å². The van der Waals surface area contributed by atoms with Crippen molar-refractivity contribution in [3.63, 3.8) is 0 Å². The van der Waals surface area contributed by atoms with Crippen LogP contribution in [-0.2, 0) is 9.59 Å². The predicted molar refractivity (Wildman–Crippen MR) is 75.8 cm³/mol. The van der Waals surface area contributed by atoms with Crippen LogP contribution in [0.4, 0.5) is 5.69 Å². The molecule has 0 fully saturated rings. The fourth-order valence-corrected chi connectivity index (χ4v) is 2.59. The van der Waals surface area contributed by atoms with E-state index in [1.807, 2.05) is 0 Å². The molecule has 0 aromatic heterocycles. The first-order valence-corrected chi connectivity index (χ1v) is 7.23. The number of para-hydroxylation sites is 1. The van der Waals surface area contributed by atoms with E-state index in [1.54, 1.807) is 24.3 Å². The Hall–Kier alpha value is -2.17. The molecule has 5 nitrogen and oxygen atoms in total. The molecule has 5 heteroatoms. The summed E-state index contributed by atoms with van der Waals surface area (Å²) < 4.78 is 0. The third kappa shape index (κ3) is 2.96. The second kappa shape index (κ2) is 6.52. The molecular formula is C16H18NO4-. The van der Waals surface area contributed by atoms with Crippen LogP contribution in [0.1, 0.15) is 43.0 Å². The summed E-state index contributed by atoms with van der Waals surface area (Å²) >= 11 is 0. The first-order chi connectivity index (χ1) is 10.1. The van der Waals surface area contributed by atoms with Crippen molar-refractivity contribution >= 4 is 23.3 Å². The molecule has 0 radical (unpaired) electrons. The van der Waals surface area contributed by atoms with Gasteiger partial charge in [-0.3, -0.25) is 9.59 Å². The Labute approximate surface area is 123 Å². The fourth-order valence-electron chi connectivity index (χ4n) is 2.59. The van der Waals surface area contributed by atoms with Gasteiger partial charge in [-0.1, -0.05) is 38.3 Å². The number of anilines is 1. The van der Waals surface area contributed by atoms with E-state index in [0.29, 0.717) is 12.2 Å². The van der Waals surface area contributed by atoms with Crippen LogP contribution in [0.25, 0.3) is 0 Å². The number of ketones is 1. The Morgan fingerprint density at radius 1 is 1.19 bits per heavy atom. The standard InChI is InChI=1S/C16H19NO4/c1-2-3-4-7-10-17-12-9-6-5-8-11(12)14(18)13(15(17)19)16(20)21/h5-6,8-9,13H,2-4,7,10H2,1H3,(H,20,21)/p-1/t13-/m1/s1. The molecule has 0 saturated heterocycles. The van der Waals surface area contributed by atoms with Crippen molar-refractivity contribution in [3.8, 4) is 0 Å². The summed E-state index contributed by atoms with van der Waals surface area (Å²) in [6, 6.07) is 6.63. The van der Waals surface area contributed by atoms with Crippen molar-refractivity contribution in [3.05, 3.63) is 29.8 Å². The van der Waals surface area contributed by atoms with E-state index in [1.165, 1.54) is 4.90 Å². The van der Waals surface area contributed by atoms with Crippen LogP contribution >= 0.6 is 0 Å². The lowest BCUT2D eigenvalue weighted by Crippen LogP contribution is -2.52. The summed E-state index contributed by atoms with van der Waals surface area (Å²) in [4.78, 5) is 36.9. The number of benzene rings is 1. The van der Waals surface area contributed by atoms with Gasteiger partial charge in [0, 0.05) is 12.1 Å². The van der Waals surface area contributed by atoms with E-state index < -0.39 is 23.6 Å².